The van der Waals surface area contributed by atoms with E-state index >= 15 is 0 Å². The number of fused-ring (bicyclic) bond motifs is 1. The molecule has 2 aromatic heterocycles. The summed E-state index contributed by atoms with van der Waals surface area (Å²) in [5.41, 5.74) is 2.52. The molecule has 0 unspecified atom stereocenters. The molecule has 0 spiro atoms. The van der Waals surface area contributed by atoms with E-state index in [2.05, 4.69) is 52.3 Å². The summed E-state index contributed by atoms with van der Waals surface area (Å²) in [6.45, 7) is 4.71. The van der Waals surface area contributed by atoms with E-state index in [0.717, 1.165) is 25.5 Å². The highest BCUT2D eigenvalue weighted by Crippen LogP contribution is 2.19. The quantitative estimate of drug-likeness (QED) is 0.785. The van der Waals surface area contributed by atoms with Crippen molar-refractivity contribution in [2.75, 3.05) is 6.54 Å². The fourth-order valence-electron chi connectivity index (χ4n) is 2.47. The summed E-state index contributed by atoms with van der Waals surface area (Å²) in [6, 6.07) is 8.72. The predicted octanol–water partition coefficient (Wildman–Crippen LogP) is 3.19. The first-order valence-electron chi connectivity index (χ1n) is 7.13. The Hall–Kier alpha value is -1.78. The molecule has 1 N–H and O–H groups in total. The summed E-state index contributed by atoms with van der Waals surface area (Å²) in [7, 11) is 1.94. The average Bonchev–Trinajstić information content (AvgIpc) is 3.03. The van der Waals surface area contributed by atoms with Gasteiger partial charge in [0, 0.05) is 25.3 Å². The molecule has 0 aliphatic heterocycles. The van der Waals surface area contributed by atoms with E-state index in [0.29, 0.717) is 5.15 Å². The molecule has 0 amide bonds. The molecular formula is C16H19ClN4. The second-order valence-electron chi connectivity index (χ2n) is 5.17. The van der Waals surface area contributed by atoms with Crippen molar-refractivity contribution in [1.82, 2.24) is 19.4 Å². The number of halogens is 1. The van der Waals surface area contributed by atoms with Crippen molar-refractivity contribution in [3.63, 3.8) is 0 Å². The molecular weight excluding hydrogens is 284 g/mol. The van der Waals surface area contributed by atoms with Gasteiger partial charge in [0.2, 0.25) is 0 Å². The molecule has 4 nitrogen and oxygen atoms in total. The molecule has 2 heterocycles. The lowest BCUT2D eigenvalue weighted by molar-refractivity contribution is 0.714. The Morgan fingerprint density at radius 3 is 2.86 bits per heavy atom. The molecule has 0 saturated carbocycles. The van der Waals surface area contributed by atoms with E-state index in [-0.39, 0.29) is 0 Å². The molecule has 3 rings (SSSR count). The van der Waals surface area contributed by atoms with Crippen molar-refractivity contribution in [3.8, 4) is 0 Å². The Balaban J connectivity index is 1.93. The number of aromatic nitrogens is 3. The first-order chi connectivity index (χ1) is 10.2. The topological polar surface area (TPSA) is 34.8 Å². The van der Waals surface area contributed by atoms with Crippen LogP contribution in [0.1, 0.15) is 18.3 Å². The van der Waals surface area contributed by atoms with E-state index < -0.39 is 0 Å². The zero-order valence-corrected chi connectivity index (χ0v) is 13.1. The van der Waals surface area contributed by atoms with Crippen LogP contribution in [0.5, 0.6) is 0 Å². The highest BCUT2D eigenvalue weighted by atomic mass is 35.5. The van der Waals surface area contributed by atoms with Crippen molar-refractivity contribution < 1.29 is 0 Å². The maximum absolute atomic E-state index is 6.05. The molecule has 5 heteroatoms. The summed E-state index contributed by atoms with van der Waals surface area (Å²) in [6.07, 6.45) is 3.80. The van der Waals surface area contributed by atoms with Gasteiger partial charge in [-0.2, -0.15) is 0 Å². The van der Waals surface area contributed by atoms with Crippen LogP contribution in [0.25, 0.3) is 10.9 Å². The molecule has 0 aliphatic carbocycles. The largest absolute Gasteiger partial charge is 0.340 e. The van der Waals surface area contributed by atoms with Gasteiger partial charge in [0.05, 0.1) is 12.7 Å². The van der Waals surface area contributed by atoms with Gasteiger partial charge in [0.15, 0.2) is 0 Å². The van der Waals surface area contributed by atoms with Crippen LogP contribution in [0.3, 0.4) is 0 Å². The van der Waals surface area contributed by atoms with Crippen LogP contribution in [0.2, 0.25) is 5.15 Å². The Labute approximate surface area is 129 Å². The fourth-order valence-corrected chi connectivity index (χ4v) is 2.62. The summed E-state index contributed by atoms with van der Waals surface area (Å²) >= 11 is 6.05. The Kier molecular flexibility index (Phi) is 3.99. The summed E-state index contributed by atoms with van der Waals surface area (Å²) in [5.74, 6) is 0.953. The molecule has 0 bridgehead atoms. The van der Waals surface area contributed by atoms with Gasteiger partial charge in [0.25, 0.3) is 0 Å². The standard InChI is InChI=1S/C16H19ClN4/c1-3-18-9-12-4-5-13-6-7-21(14(13)8-12)11-16-19-10-15(17)20(16)2/h4-8,10,18H,3,9,11H2,1-2H3. The van der Waals surface area contributed by atoms with E-state index in [1.165, 1.54) is 16.5 Å². The average molecular weight is 303 g/mol. The SMILES string of the molecule is CCNCc1ccc2ccn(Cc3ncc(Cl)n3C)c2c1. The van der Waals surface area contributed by atoms with Crippen molar-refractivity contribution in [1.29, 1.82) is 0 Å². The Morgan fingerprint density at radius 2 is 2.14 bits per heavy atom. The van der Waals surface area contributed by atoms with Crippen molar-refractivity contribution in [3.05, 3.63) is 53.2 Å². The van der Waals surface area contributed by atoms with Crippen LogP contribution in [0.4, 0.5) is 0 Å². The van der Waals surface area contributed by atoms with Crippen molar-refractivity contribution >= 4 is 22.5 Å². The van der Waals surface area contributed by atoms with Gasteiger partial charge < -0.3 is 14.5 Å². The van der Waals surface area contributed by atoms with E-state index in [9.17, 15) is 0 Å². The smallest absolute Gasteiger partial charge is 0.129 e. The highest BCUT2D eigenvalue weighted by Gasteiger charge is 2.08. The number of benzene rings is 1. The number of nitrogens with zero attached hydrogens (tertiary/aromatic N) is 3. The molecule has 0 atom stereocenters. The van der Waals surface area contributed by atoms with E-state index in [1.54, 1.807) is 6.20 Å². The fraction of sp³-hybridized carbons (Fsp3) is 0.312. The third-order valence-corrected chi connectivity index (χ3v) is 4.11. The van der Waals surface area contributed by atoms with E-state index in [4.69, 9.17) is 11.6 Å². The lowest BCUT2D eigenvalue weighted by atomic mass is 10.1. The van der Waals surface area contributed by atoms with Crippen LogP contribution >= 0.6 is 11.6 Å². The predicted molar refractivity (Wildman–Crippen MR) is 86.6 cm³/mol. The molecule has 1 aromatic carbocycles. The molecule has 0 saturated heterocycles. The molecule has 0 fully saturated rings. The second kappa shape index (κ2) is 5.92. The van der Waals surface area contributed by atoms with Crippen LogP contribution in [0, 0.1) is 0 Å². The molecule has 0 aliphatic rings. The molecule has 0 radical (unpaired) electrons. The van der Waals surface area contributed by atoms with Gasteiger partial charge in [-0.05, 0) is 29.6 Å². The minimum Gasteiger partial charge on any atom is -0.340 e. The Bertz CT molecular complexity index is 757. The van der Waals surface area contributed by atoms with Gasteiger partial charge in [-0.25, -0.2) is 4.98 Å². The maximum Gasteiger partial charge on any atom is 0.129 e. The number of hydrogen-bond acceptors (Lipinski definition) is 2. The van der Waals surface area contributed by atoms with Crippen LogP contribution in [-0.4, -0.2) is 20.7 Å². The number of imidazole rings is 1. The van der Waals surface area contributed by atoms with Gasteiger partial charge in [-0.1, -0.05) is 30.7 Å². The molecule has 21 heavy (non-hydrogen) atoms. The normalized spacial score (nSPS) is 11.4. The summed E-state index contributed by atoms with van der Waals surface area (Å²) in [4.78, 5) is 4.37. The minimum atomic E-state index is 0.661. The van der Waals surface area contributed by atoms with Crippen LogP contribution < -0.4 is 5.32 Å². The maximum atomic E-state index is 6.05. The number of nitrogens with one attached hydrogen (secondary N) is 1. The zero-order valence-electron chi connectivity index (χ0n) is 12.3. The summed E-state index contributed by atoms with van der Waals surface area (Å²) in [5, 5.41) is 5.27. The lowest BCUT2D eigenvalue weighted by Gasteiger charge is -2.08. The third kappa shape index (κ3) is 2.82. The number of rotatable bonds is 5. The highest BCUT2D eigenvalue weighted by molar-refractivity contribution is 6.29. The second-order valence-corrected chi connectivity index (χ2v) is 5.56. The molecule has 110 valence electrons. The minimum absolute atomic E-state index is 0.661. The summed E-state index contributed by atoms with van der Waals surface area (Å²) < 4.78 is 4.12. The third-order valence-electron chi connectivity index (χ3n) is 3.76. The van der Waals surface area contributed by atoms with E-state index in [1.807, 2.05) is 11.6 Å². The van der Waals surface area contributed by atoms with Gasteiger partial charge >= 0.3 is 0 Å². The number of hydrogen-bond donors (Lipinski definition) is 1. The van der Waals surface area contributed by atoms with Gasteiger partial charge in [-0.15, -0.1) is 0 Å². The van der Waals surface area contributed by atoms with Gasteiger partial charge in [-0.3, -0.25) is 0 Å². The lowest BCUT2D eigenvalue weighted by Crippen LogP contribution is -2.11. The van der Waals surface area contributed by atoms with Crippen LogP contribution in [0.15, 0.2) is 36.7 Å². The monoisotopic (exact) mass is 302 g/mol. The first kappa shape index (κ1) is 14.2. The van der Waals surface area contributed by atoms with Crippen molar-refractivity contribution in [2.24, 2.45) is 7.05 Å². The van der Waals surface area contributed by atoms with Crippen LogP contribution in [-0.2, 0) is 20.1 Å². The Morgan fingerprint density at radius 1 is 1.29 bits per heavy atom. The first-order valence-corrected chi connectivity index (χ1v) is 7.51. The molecule has 3 aromatic rings. The van der Waals surface area contributed by atoms with Crippen molar-refractivity contribution in [2.45, 2.75) is 20.0 Å². The zero-order chi connectivity index (χ0) is 14.8. The van der Waals surface area contributed by atoms with Gasteiger partial charge in [0.1, 0.15) is 11.0 Å².